The Morgan fingerprint density at radius 3 is 2.47 bits per heavy atom. The molecule has 0 aromatic carbocycles. The van der Waals surface area contributed by atoms with Gasteiger partial charge in [0, 0.05) is 19.5 Å². The van der Waals surface area contributed by atoms with E-state index in [1.807, 2.05) is 4.90 Å². The monoisotopic (exact) mass is 235 g/mol. The first kappa shape index (κ1) is 14.0. The molecular weight excluding hydrogens is 210 g/mol. The molecule has 0 aromatic heterocycles. The minimum atomic E-state index is 0.214. The molecule has 0 radical (unpaired) electrons. The maximum Gasteiger partial charge on any atom is 0.219 e. The van der Waals surface area contributed by atoms with E-state index in [-0.39, 0.29) is 5.91 Å². The van der Waals surface area contributed by atoms with Crippen molar-refractivity contribution in [3.8, 4) is 0 Å². The van der Waals surface area contributed by atoms with E-state index >= 15 is 0 Å². The molecule has 0 atom stereocenters. The summed E-state index contributed by atoms with van der Waals surface area (Å²) in [4.78, 5) is 13.5. The Hall–Kier alpha value is -1.05. The van der Waals surface area contributed by atoms with Gasteiger partial charge in [-0.1, -0.05) is 30.7 Å². The van der Waals surface area contributed by atoms with Gasteiger partial charge in [-0.25, -0.2) is 0 Å². The molecule has 0 saturated heterocycles. The second-order valence-corrected chi connectivity index (χ2v) is 4.89. The normalized spacial score (nSPS) is 16.5. The number of allylic oxidation sites excluding steroid dienone is 3. The fraction of sp³-hybridized carbons (Fsp3) is 0.667. The van der Waals surface area contributed by atoms with Gasteiger partial charge in [0.2, 0.25) is 5.91 Å². The molecule has 0 unspecified atom stereocenters. The number of hydrogen-bond acceptors (Lipinski definition) is 1. The fourth-order valence-electron chi connectivity index (χ4n) is 1.93. The van der Waals surface area contributed by atoms with Crippen molar-refractivity contribution in [3.63, 3.8) is 0 Å². The molecule has 1 saturated carbocycles. The minimum Gasteiger partial charge on any atom is -0.336 e. The Morgan fingerprint density at radius 2 is 1.94 bits per heavy atom. The molecule has 96 valence electrons. The Balaban J connectivity index is 2.30. The van der Waals surface area contributed by atoms with Crippen molar-refractivity contribution < 1.29 is 4.79 Å². The lowest BCUT2D eigenvalue weighted by atomic mass is 10.2. The van der Waals surface area contributed by atoms with E-state index in [4.69, 9.17) is 0 Å². The Bertz CT molecular complexity index is 300. The predicted molar refractivity (Wildman–Crippen MR) is 72.8 cm³/mol. The molecule has 1 aliphatic carbocycles. The third kappa shape index (κ3) is 5.71. The Labute approximate surface area is 105 Å². The van der Waals surface area contributed by atoms with Crippen LogP contribution in [0, 0.1) is 0 Å². The van der Waals surface area contributed by atoms with Crippen LogP contribution in [-0.2, 0) is 4.79 Å². The second kappa shape index (κ2) is 7.31. The van der Waals surface area contributed by atoms with Gasteiger partial charge in [0.15, 0.2) is 0 Å². The number of amides is 1. The first-order valence-electron chi connectivity index (χ1n) is 6.73. The van der Waals surface area contributed by atoms with Crippen LogP contribution in [0.2, 0.25) is 0 Å². The van der Waals surface area contributed by atoms with Crippen LogP contribution in [0.25, 0.3) is 0 Å². The highest BCUT2D eigenvalue weighted by molar-refractivity contribution is 5.74. The van der Waals surface area contributed by atoms with Gasteiger partial charge < -0.3 is 4.90 Å². The molecule has 2 nitrogen and oxygen atoms in total. The third-order valence-electron chi connectivity index (χ3n) is 3.04. The highest BCUT2D eigenvalue weighted by atomic mass is 16.2. The quantitative estimate of drug-likeness (QED) is 0.487. The number of carbonyl (C=O) groups excluding carboxylic acids is 1. The lowest BCUT2D eigenvalue weighted by molar-refractivity contribution is -0.128. The van der Waals surface area contributed by atoms with Gasteiger partial charge in [-0.05, 0) is 39.0 Å². The number of rotatable bonds is 7. The zero-order chi connectivity index (χ0) is 12.7. The molecule has 0 aliphatic heterocycles. The fourth-order valence-corrected chi connectivity index (χ4v) is 1.93. The van der Waals surface area contributed by atoms with Crippen LogP contribution in [0.4, 0.5) is 0 Å². The molecule has 0 spiro atoms. The third-order valence-corrected chi connectivity index (χ3v) is 3.04. The summed E-state index contributed by atoms with van der Waals surface area (Å²) in [7, 11) is 0. The summed E-state index contributed by atoms with van der Waals surface area (Å²) >= 11 is 0. The summed E-state index contributed by atoms with van der Waals surface area (Å²) in [6.07, 6.45) is 12.4. The average molecular weight is 235 g/mol. The summed E-state index contributed by atoms with van der Waals surface area (Å²) in [6, 6.07) is 0.524. The van der Waals surface area contributed by atoms with Gasteiger partial charge in [0.1, 0.15) is 0 Å². The summed E-state index contributed by atoms with van der Waals surface area (Å²) < 4.78 is 0. The smallest absolute Gasteiger partial charge is 0.219 e. The van der Waals surface area contributed by atoms with Crippen LogP contribution in [0.15, 0.2) is 23.8 Å². The molecule has 1 amide bonds. The van der Waals surface area contributed by atoms with Crippen molar-refractivity contribution in [1.82, 2.24) is 4.90 Å². The van der Waals surface area contributed by atoms with Gasteiger partial charge >= 0.3 is 0 Å². The van der Waals surface area contributed by atoms with Gasteiger partial charge in [0.05, 0.1) is 0 Å². The largest absolute Gasteiger partial charge is 0.336 e. The number of nitrogens with zero attached hydrogens (tertiary/aromatic N) is 1. The molecule has 0 aromatic rings. The standard InChI is InChI=1S/C15H25NO/c1-4-5-6-7-8-9-13(2)12-16(14(3)17)15-10-11-15/h5-6,9,15H,4,7-8,10-12H2,1-3H3. The van der Waals surface area contributed by atoms with Crippen molar-refractivity contribution >= 4 is 5.91 Å². The molecule has 1 aliphatic rings. The van der Waals surface area contributed by atoms with Crippen LogP contribution < -0.4 is 0 Å². The number of carbonyl (C=O) groups is 1. The summed E-state index contributed by atoms with van der Waals surface area (Å²) in [5, 5.41) is 0. The Kier molecular flexibility index (Phi) is 6.03. The highest BCUT2D eigenvalue weighted by Crippen LogP contribution is 2.27. The van der Waals surface area contributed by atoms with Crippen LogP contribution in [0.3, 0.4) is 0 Å². The van der Waals surface area contributed by atoms with E-state index in [1.165, 1.54) is 18.4 Å². The summed E-state index contributed by atoms with van der Waals surface area (Å²) in [5.41, 5.74) is 1.32. The maximum absolute atomic E-state index is 11.5. The van der Waals surface area contributed by atoms with E-state index in [0.717, 1.165) is 25.8 Å². The predicted octanol–water partition coefficient (Wildman–Crippen LogP) is 3.69. The zero-order valence-electron chi connectivity index (χ0n) is 11.4. The first-order chi connectivity index (χ1) is 8.15. The molecule has 0 N–H and O–H groups in total. The van der Waals surface area contributed by atoms with Crippen LogP contribution in [-0.4, -0.2) is 23.4 Å². The van der Waals surface area contributed by atoms with Crippen LogP contribution in [0.1, 0.15) is 52.9 Å². The van der Waals surface area contributed by atoms with E-state index in [9.17, 15) is 4.79 Å². The lowest BCUT2D eigenvalue weighted by Gasteiger charge is -2.20. The Morgan fingerprint density at radius 1 is 1.24 bits per heavy atom. The minimum absolute atomic E-state index is 0.214. The van der Waals surface area contributed by atoms with Gasteiger partial charge in [-0.15, -0.1) is 0 Å². The first-order valence-corrected chi connectivity index (χ1v) is 6.73. The van der Waals surface area contributed by atoms with E-state index < -0.39 is 0 Å². The van der Waals surface area contributed by atoms with Crippen LogP contribution >= 0.6 is 0 Å². The molecule has 0 heterocycles. The van der Waals surface area contributed by atoms with Crippen molar-refractivity contribution in [2.45, 2.75) is 58.9 Å². The highest BCUT2D eigenvalue weighted by Gasteiger charge is 2.30. The van der Waals surface area contributed by atoms with E-state index in [0.29, 0.717) is 6.04 Å². The van der Waals surface area contributed by atoms with Crippen molar-refractivity contribution in [2.24, 2.45) is 0 Å². The molecule has 1 fully saturated rings. The molecular formula is C15H25NO. The van der Waals surface area contributed by atoms with Crippen molar-refractivity contribution in [3.05, 3.63) is 23.8 Å². The van der Waals surface area contributed by atoms with Crippen molar-refractivity contribution in [1.29, 1.82) is 0 Å². The van der Waals surface area contributed by atoms with Crippen LogP contribution in [0.5, 0.6) is 0 Å². The lowest BCUT2D eigenvalue weighted by Crippen LogP contribution is -2.32. The molecule has 1 rings (SSSR count). The number of unbranched alkanes of at least 4 members (excludes halogenated alkanes) is 1. The topological polar surface area (TPSA) is 20.3 Å². The van der Waals surface area contributed by atoms with Gasteiger partial charge in [0.25, 0.3) is 0 Å². The van der Waals surface area contributed by atoms with E-state index in [2.05, 4.69) is 32.1 Å². The average Bonchev–Trinajstić information content (AvgIpc) is 3.09. The second-order valence-electron chi connectivity index (χ2n) is 4.89. The zero-order valence-corrected chi connectivity index (χ0v) is 11.4. The van der Waals surface area contributed by atoms with E-state index in [1.54, 1.807) is 6.92 Å². The SMILES string of the molecule is CCC=CCCC=C(C)CN(C(C)=O)C1CC1. The molecule has 17 heavy (non-hydrogen) atoms. The van der Waals surface area contributed by atoms with Gasteiger partial charge in [-0.2, -0.15) is 0 Å². The maximum atomic E-state index is 11.5. The number of hydrogen-bond donors (Lipinski definition) is 0. The molecule has 2 heteroatoms. The molecule has 0 bridgehead atoms. The van der Waals surface area contributed by atoms with Gasteiger partial charge in [-0.3, -0.25) is 4.79 Å². The van der Waals surface area contributed by atoms with Crippen molar-refractivity contribution in [2.75, 3.05) is 6.54 Å². The summed E-state index contributed by atoms with van der Waals surface area (Å²) in [6.45, 7) is 6.77. The summed E-state index contributed by atoms with van der Waals surface area (Å²) in [5.74, 6) is 0.214.